The quantitative estimate of drug-likeness (QED) is 0.655. The van der Waals surface area contributed by atoms with E-state index in [0.29, 0.717) is 6.42 Å². The van der Waals surface area contributed by atoms with Crippen LogP contribution in [0.15, 0.2) is 15.8 Å². The van der Waals surface area contributed by atoms with E-state index in [9.17, 15) is 14.2 Å². The van der Waals surface area contributed by atoms with Gasteiger partial charge >= 0.3 is 13.3 Å². The van der Waals surface area contributed by atoms with Crippen molar-refractivity contribution in [2.45, 2.75) is 38.7 Å². The van der Waals surface area contributed by atoms with Crippen LogP contribution in [0.5, 0.6) is 0 Å². The molecule has 1 aromatic rings. The van der Waals surface area contributed by atoms with E-state index in [1.165, 1.54) is 13.1 Å². The lowest BCUT2D eigenvalue weighted by atomic mass is 10.2. The maximum Gasteiger partial charge on any atom is 0.351 e. The van der Waals surface area contributed by atoms with Crippen LogP contribution in [0.4, 0.5) is 0 Å². The van der Waals surface area contributed by atoms with Crippen LogP contribution in [-0.2, 0) is 19.9 Å². The molecule has 2 heterocycles. The number of H-pyrrole nitrogens is 1. The molecule has 1 aliphatic rings. The summed E-state index contributed by atoms with van der Waals surface area (Å²) in [5.74, 6) is -1.62. The zero-order valence-corrected chi connectivity index (χ0v) is 12.5. The van der Waals surface area contributed by atoms with Crippen LogP contribution < -0.4 is 11.2 Å². The molecule has 9 nitrogen and oxygen atoms in total. The molecule has 1 aromatic heterocycles. The lowest BCUT2D eigenvalue weighted by Crippen LogP contribution is -2.46. The standard InChI is InChI=1S/C11H17N2O7P/c1-7-5-13(10(15)12-9(7)14)11(4-3-8(2)20-11)19-6-21(16,17)18/h5,8H,3-4,6H2,1-2H3,(H,12,14,15)(H2,16,17,18). The normalized spacial score (nSPS) is 26.2. The predicted molar refractivity (Wildman–Crippen MR) is 71.8 cm³/mol. The van der Waals surface area contributed by atoms with E-state index >= 15 is 0 Å². The van der Waals surface area contributed by atoms with E-state index < -0.39 is 31.1 Å². The number of nitrogens with one attached hydrogen (secondary N) is 1. The van der Waals surface area contributed by atoms with Gasteiger partial charge in [-0.2, -0.15) is 0 Å². The van der Waals surface area contributed by atoms with Gasteiger partial charge in [-0.25, -0.2) is 9.36 Å². The minimum atomic E-state index is -4.43. The van der Waals surface area contributed by atoms with Gasteiger partial charge in [0.15, 0.2) is 6.35 Å². The maximum atomic E-state index is 12.0. The SMILES string of the molecule is Cc1cn(C2(OCP(=O)(O)O)CCC(C)O2)c(=O)[nH]c1=O. The Kier molecular flexibility index (Phi) is 4.23. The third-order valence-corrected chi connectivity index (χ3v) is 3.66. The monoisotopic (exact) mass is 320 g/mol. The first-order valence-corrected chi connectivity index (χ1v) is 8.12. The molecular formula is C11H17N2O7P. The molecular weight excluding hydrogens is 303 g/mol. The lowest BCUT2D eigenvalue weighted by molar-refractivity contribution is -0.276. The van der Waals surface area contributed by atoms with Crippen LogP contribution in [0.2, 0.25) is 0 Å². The van der Waals surface area contributed by atoms with Gasteiger partial charge in [0, 0.05) is 18.2 Å². The van der Waals surface area contributed by atoms with Gasteiger partial charge in [-0.15, -0.1) is 0 Å². The van der Waals surface area contributed by atoms with Gasteiger partial charge < -0.3 is 19.3 Å². The third kappa shape index (κ3) is 3.50. The zero-order chi connectivity index (χ0) is 15.8. The van der Waals surface area contributed by atoms with E-state index in [1.54, 1.807) is 6.92 Å². The number of rotatable bonds is 4. The minimum absolute atomic E-state index is 0.236. The highest BCUT2D eigenvalue weighted by Crippen LogP contribution is 2.41. The number of hydrogen-bond donors (Lipinski definition) is 3. The Labute approximate surface area is 119 Å². The first-order chi connectivity index (χ1) is 9.63. The summed E-state index contributed by atoms with van der Waals surface area (Å²) in [4.78, 5) is 43.4. The van der Waals surface area contributed by atoms with Gasteiger partial charge in [0.25, 0.3) is 11.5 Å². The summed E-state index contributed by atoms with van der Waals surface area (Å²) >= 11 is 0. The number of nitrogens with zero attached hydrogens (tertiary/aromatic N) is 1. The van der Waals surface area contributed by atoms with Gasteiger partial charge in [-0.3, -0.25) is 14.3 Å². The molecule has 1 saturated heterocycles. The highest BCUT2D eigenvalue weighted by atomic mass is 31.2. The van der Waals surface area contributed by atoms with Crippen molar-refractivity contribution in [3.63, 3.8) is 0 Å². The summed E-state index contributed by atoms with van der Waals surface area (Å²) < 4.78 is 22.9. The summed E-state index contributed by atoms with van der Waals surface area (Å²) in [6, 6.07) is 0. The average molecular weight is 320 g/mol. The van der Waals surface area contributed by atoms with Crippen molar-refractivity contribution >= 4 is 7.60 Å². The summed E-state index contributed by atoms with van der Waals surface area (Å²) in [6.07, 6.45) is 0.912. The van der Waals surface area contributed by atoms with Crippen molar-refractivity contribution < 1.29 is 23.8 Å². The van der Waals surface area contributed by atoms with Gasteiger partial charge in [-0.05, 0) is 20.3 Å². The first-order valence-electron chi connectivity index (χ1n) is 6.32. The topological polar surface area (TPSA) is 131 Å². The highest BCUT2D eigenvalue weighted by molar-refractivity contribution is 7.51. The van der Waals surface area contributed by atoms with Crippen LogP contribution in [0, 0.1) is 6.92 Å². The summed E-state index contributed by atoms with van der Waals surface area (Å²) in [7, 11) is -4.43. The number of aromatic nitrogens is 2. The van der Waals surface area contributed by atoms with E-state index in [0.717, 1.165) is 4.57 Å². The van der Waals surface area contributed by atoms with Crippen molar-refractivity contribution in [3.8, 4) is 0 Å². The maximum absolute atomic E-state index is 12.0. The third-order valence-electron chi connectivity index (χ3n) is 3.20. The Hall–Kier alpha value is -1.25. The molecule has 2 rings (SSSR count). The van der Waals surface area contributed by atoms with Crippen molar-refractivity contribution in [2.75, 3.05) is 6.35 Å². The second-order valence-electron chi connectivity index (χ2n) is 5.06. The molecule has 21 heavy (non-hydrogen) atoms. The van der Waals surface area contributed by atoms with Crippen LogP contribution in [0.1, 0.15) is 25.3 Å². The first kappa shape index (κ1) is 16.1. The lowest BCUT2D eigenvalue weighted by Gasteiger charge is -2.31. The smallest absolute Gasteiger partial charge is 0.329 e. The fourth-order valence-electron chi connectivity index (χ4n) is 2.18. The molecule has 0 amide bonds. The van der Waals surface area contributed by atoms with Gasteiger partial charge in [0.05, 0.1) is 6.10 Å². The van der Waals surface area contributed by atoms with E-state index in [4.69, 9.17) is 19.3 Å². The largest absolute Gasteiger partial charge is 0.351 e. The average Bonchev–Trinajstić information content (AvgIpc) is 2.73. The zero-order valence-electron chi connectivity index (χ0n) is 11.6. The Morgan fingerprint density at radius 2 is 2.24 bits per heavy atom. The second-order valence-corrected chi connectivity index (χ2v) is 6.65. The fraction of sp³-hybridized carbons (Fsp3) is 0.636. The minimum Gasteiger partial charge on any atom is -0.329 e. The van der Waals surface area contributed by atoms with Crippen LogP contribution in [0.3, 0.4) is 0 Å². The molecule has 0 saturated carbocycles. The van der Waals surface area contributed by atoms with Crippen LogP contribution in [0.25, 0.3) is 0 Å². The van der Waals surface area contributed by atoms with E-state index in [2.05, 4.69) is 4.98 Å². The van der Waals surface area contributed by atoms with Crippen molar-refractivity contribution in [1.29, 1.82) is 0 Å². The number of aromatic amines is 1. The molecule has 0 bridgehead atoms. The molecule has 2 atom stereocenters. The molecule has 0 radical (unpaired) electrons. The Morgan fingerprint density at radius 3 is 2.76 bits per heavy atom. The molecule has 10 heteroatoms. The summed E-state index contributed by atoms with van der Waals surface area (Å²) in [5.41, 5.74) is -1.03. The second kappa shape index (κ2) is 5.51. The molecule has 2 unspecified atom stereocenters. The van der Waals surface area contributed by atoms with Crippen molar-refractivity contribution in [1.82, 2.24) is 9.55 Å². The van der Waals surface area contributed by atoms with Gasteiger partial charge in [-0.1, -0.05) is 0 Å². The molecule has 0 spiro atoms. The van der Waals surface area contributed by atoms with Crippen LogP contribution in [-0.4, -0.2) is 31.8 Å². The molecule has 0 aromatic carbocycles. The molecule has 1 aliphatic heterocycles. The summed E-state index contributed by atoms with van der Waals surface area (Å²) in [5, 5.41) is 0. The number of ether oxygens (including phenoxy) is 2. The van der Waals surface area contributed by atoms with Crippen molar-refractivity contribution in [2.24, 2.45) is 0 Å². The fourth-order valence-corrected chi connectivity index (χ4v) is 2.55. The Morgan fingerprint density at radius 1 is 1.57 bits per heavy atom. The molecule has 0 aliphatic carbocycles. The highest BCUT2D eigenvalue weighted by Gasteiger charge is 2.44. The number of aryl methyl sites for hydroxylation is 1. The Balaban J connectivity index is 2.46. The molecule has 118 valence electrons. The number of hydrogen-bond acceptors (Lipinski definition) is 5. The van der Waals surface area contributed by atoms with E-state index in [-0.39, 0.29) is 18.1 Å². The van der Waals surface area contributed by atoms with Crippen LogP contribution >= 0.6 is 7.60 Å². The predicted octanol–water partition coefficient (Wildman–Crippen LogP) is -0.194. The summed E-state index contributed by atoms with van der Waals surface area (Å²) in [6.45, 7) is 3.26. The molecule has 3 N–H and O–H groups in total. The van der Waals surface area contributed by atoms with Gasteiger partial charge in [0.1, 0.15) is 0 Å². The Bertz CT molecular complexity index is 691. The molecule has 1 fully saturated rings. The van der Waals surface area contributed by atoms with E-state index in [1.807, 2.05) is 0 Å². The van der Waals surface area contributed by atoms with Crippen molar-refractivity contribution in [3.05, 3.63) is 32.6 Å². The van der Waals surface area contributed by atoms with Gasteiger partial charge in [0.2, 0.25) is 0 Å².